The molecule has 0 heterocycles. The van der Waals surface area contributed by atoms with Crippen LogP contribution in [0.3, 0.4) is 0 Å². The van der Waals surface area contributed by atoms with Crippen LogP contribution in [0, 0.1) is 11.9 Å². The van der Waals surface area contributed by atoms with E-state index in [4.69, 9.17) is 0 Å². The standard InChI is InChI=1S/C7H7FNO2S/c1-9-12(10,11)7-4-2-3-6(8)5-7/h2,4-5,9H,1H3. The van der Waals surface area contributed by atoms with E-state index >= 15 is 0 Å². The summed E-state index contributed by atoms with van der Waals surface area (Å²) < 4.78 is 36.7. The molecule has 0 amide bonds. The Bertz CT molecular complexity index is 375. The van der Waals surface area contributed by atoms with E-state index in [1.807, 2.05) is 0 Å². The monoisotopic (exact) mass is 188 g/mol. The van der Waals surface area contributed by atoms with Crippen LogP contribution in [-0.2, 0) is 10.0 Å². The molecular weight excluding hydrogens is 181 g/mol. The molecule has 0 unspecified atom stereocenters. The number of hydrogen-bond donors (Lipinski definition) is 1. The number of nitrogens with one attached hydrogen (secondary N) is 1. The summed E-state index contributed by atoms with van der Waals surface area (Å²) in [4.78, 5) is -0.0961. The summed E-state index contributed by atoms with van der Waals surface area (Å²) in [6.07, 6.45) is 0. The second kappa shape index (κ2) is 3.20. The highest BCUT2D eigenvalue weighted by atomic mass is 32.2. The summed E-state index contributed by atoms with van der Waals surface area (Å²) in [5.74, 6) is -0.689. The number of hydrogen-bond acceptors (Lipinski definition) is 2. The van der Waals surface area contributed by atoms with E-state index in [1.165, 1.54) is 19.2 Å². The maximum atomic E-state index is 12.5. The molecule has 0 spiro atoms. The molecule has 1 aromatic rings. The molecule has 5 heteroatoms. The molecule has 0 saturated heterocycles. The van der Waals surface area contributed by atoms with E-state index in [0.717, 1.165) is 6.07 Å². The first-order valence-electron chi connectivity index (χ1n) is 3.17. The lowest BCUT2D eigenvalue weighted by Crippen LogP contribution is -2.18. The van der Waals surface area contributed by atoms with Gasteiger partial charge in [-0.1, -0.05) is 0 Å². The average Bonchev–Trinajstić information content (AvgIpc) is 2.05. The Morgan fingerprint density at radius 3 is 2.75 bits per heavy atom. The van der Waals surface area contributed by atoms with E-state index in [-0.39, 0.29) is 4.90 Å². The lowest BCUT2D eigenvalue weighted by molar-refractivity contribution is 0.583. The van der Waals surface area contributed by atoms with Crippen LogP contribution < -0.4 is 4.72 Å². The lowest BCUT2D eigenvalue weighted by atomic mass is 10.4. The van der Waals surface area contributed by atoms with Gasteiger partial charge >= 0.3 is 0 Å². The van der Waals surface area contributed by atoms with E-state index in [2.05, 4.69) is 10.8 Å². The molecule has 0 aromatic heterocycles. The quantitative estimate of drug-likeness (QED) is 0.736. The maximum absolute atomic E-state index is 12.5. The molecule has 1 radical (unpaired) electrons. The predicted octanol–water partition coefficient (Wildman–Crippen LogP) is 0.534. The fourth-order valence-electron chi connectivity index (χ4n) is 0.703. The number of halogens is 1. The van der Waals surface area contributed by atoms with Crippen molar-refractivity contribution in [3.05, 3.63) is 30.1 Å². The zero-order valence-electron chi connectivity index (χ0n) is 6.33. The zero-order chi connectivity index (χ0) is 9.19. The van der Waals surface area contributed by atoms with Crippen molar-refractivity contribution in [2.75, 3.05) is 7.05 Å². The van der Waals surface area contributed by atoms with Gasteiger partial charge in [0, 0.05) is 6.07 Å². The van der Waals surface area contributed by atoms with Gasteiger partial charge in [-0.3, -0.25) is 0 Å². The molecule has 65 valence electrons. The number of benzene rings is 1. The van der Waals surface area contributed by atoms with Crippen molar-refractivity contribution in [1.82, 2.24) is 4.72 Å². The van der Waals surface area contributed by atoms with Crippen LogP contribution in [-0.4, -0.2) is 15.5 Å². The Kier molecular flexibility index (Phi) is 2.44. The van der Waals surface area contributed by atoms with Gasteiger partial charge in [-0.2, -0.15) is 0 Å². The Morgan fingerprint density at radius 1 is 1.58 bits per heavy atom. The van der Waals surface area contributed by atoms with Crippen molar-refractivity contribution in [2.24, 2.45) is 0 Å². The highest BCUT2D eigenvalue weighted by molar-refractivity contribution is 7.89. The van der Waals surface area contributed by atoms with Crippen LogP contribution in [0.25, 0.3) is 0 Å². The fourth-order valence-corrected chi connectivity index (χ4v) is 1.44. The third kappa shape index (κ3) is 1.80. The first-order valence-corrected chi connectivity index (χ1v) is 4.65. The van der Waals surface area contributed by atoms with Gasteiger partial charge in [0.25, 0.3) is 0 Å². The van der Waals surface area contributed by atoms with Gasteiger partial charge in [0.05, 0.1) is 4.90 Å². The highest BCUT2D eigenvalue weighted by Crippen LogP contribution is 2.08. The molecule has 0 aliphatic carbocycles. The van der Waals surface area contributed by atoms with Crippen molar-refractivity contribution < 1.29 is 12.8 Å². The topological polar surface area (TPSA) is 46.2 Å². The maximum Gasteiger partial charge on any atom is 0.240 e. The van der Waals surface area contributed by atoms with Gasteiger partial charge in [0.15, 0.2) is 0 Å². The van der Waals surface area contributed by atoms with Crippen molar-refractivity contribution in [2.45, 2.75) is 4.90 Å². The third-order valence-corrected chi connectivity index (χ3v) is 2.73. The predicted molar refractivity (Wildman–Crippen MR) is 41.5 cm³/mol. The lowest BCUT2D eigenvalue weighted by Gasteiger charge is -2.00. The molecule has 0 saturated carbocycles. The normalized spacial score (nSPS) is 11.5. The molecule has 3 nitrogen and oxygen atoms in total. The smallest absolute Gasteiger partial charge is 0.214 e. The van der Waals surface area contributed by atoms with E-state index in [9.17, 15) is 12.8 Å². The molecule has 0 atom stereocenters. The summed E-state index contributed by atoms with van der Waals surface area (Å²) in [6, 6.07) is 5.61. The summed E-state index contributed by atoms with van der Waals surface area (Å²) >= 11 is 0. The number of sulfonamides is 1. The Labute approximate surface area is 70.3 Å². The fraction of sp³-hybridized carbons (Fsp3) is 0.143. The molecule has 1 aromatic carbocycles. The second-order valence-electron chi connectivity index (χ2n) is 2.08. The van der Waals surface area contributed by atoms with Gasteiger partial charge in [-0.05, 0) is 25.2 Å². The molecular formula is C7H7FNO2S. The Morgan fingerprint density at radius 2 is 2.25 bits per heavy atom. The summed E-state index contributed by atoms with van der Waals surface area (Å²) in [7, 11) is -2.26. The molecule has 0 fully saturated rings. The van der Waals surface area contributed by atoms with E-state index < -0.39 is 15.8 Å². The van der Waals surface area contributed by atoms with Crippen LogP contribution >= 0.6 is 0 Å². The van der Waals surface area contributed by atoms with E-state index in [1.54, 1.807) is 0 Å². The zero-order valence-corrected chi connectivity index (χ0v) is 7.15. The Hall–Kier alpha value is -0.940. The summed E-state index contributed by atoms with van der Waals surface area (Å²) in [5.41, 5.74) is 0. The Balaban J connectivity index is 3.21. The van der Waals surface area contributed by atoms with Crippen molar-refractivity contribution >= 4 is 10.0 Å². The minimum absolute atomic E-state index is 0.0961. The van der Waals surface area contributed by atoms with Crippen LogP contribution in [0.1, 0.15) is 0 Å². The molecule has 0 aliphatic heterocycles. The molecule has 1 N–H and O–H groups in total. The number of rotatable bonds is 2. The van der Waals surface area contributed by atoms with Crippen molar-refractivity contribution in [1.29, 1.82) is 0 Å². The van der Waals surface area contributed by atoms with Crippen molar-refractivity contribution in [3.63, 3.8) is 0 Å². The molecule has 1 rings (SSSR count). The van der Waals surface area contributed by atoms with Crippen LogP contribution in [0.5, 0.6) is 0 Å². The molecule has 12 heavy (non-hydrogen) atoms. The minimum Gasteiger partial charge on any atom is -0.214 e. The molecule has 0 bridgehead atoms. The minimum atomic E-state index is -3.53. The van der Waals surface area contributed by atoms with Gasteiger partial charge in [-0.25, -0.2) is 17.5 Å². The first kappa shape index (κ1) is 9.15. The van der Waals surface area contributed by atoms with Gasteiger partial charge in [-0.15, -0.1) is 0 Å². The second-order valence-corrected chi connectivity index (χ2v) is 3.97. The average molecular weight is 188 g/mol. The SMILES string of the molecule is CNS(=O)(=O)c1cc[c]c(F)c1. The third-order valence-electron chi connectivity index (χ3n) is 1.32. The van der Waals surface area contributed by atoms with Crippen LogP contribution in [0.4, 0.5) is 4.39 Å². The van der Waals surface area contributed by atoms with Crippen molar-refractivity contribution in [3.8, 4) is 0 Å². The highest BCUT2D eigenvalue weighted by Gasteiger charge is 2.10. The first-order chi connectivity index (χ1) is 5.56. The largest absolute Gasteiger partial charge is 0.240 e. The molecule has 0 aliphatic rings. The van der Waals surface area contributed by atoms with Gasteiger partial charge < -0.3 is 0 Å². The van der Waals surface area contributed by atoms with E-state index in [0.29, 0.717) is 0 Å². The van der Waals surface area contributed by atoms with Gasteiger partial charge in [0.1, 0.15) is 5.82 Å². The summed E-state index contributed by atoms with van der Waals surface area (Å²) in [5, 5.41) is 0. The van der Waals surface area contributed by atoms with Crippen LogP contribution in [0.2, 0.25) is 0 Å². The summed E-state index contributed by atoms with van der Waals surface area (Å²) in [6.45, 7) is 0. The van der Waals surface area contributed by atoms with Gasteiger partial charge in [0.2, 0.25) is 10.0 Å². The van der Waals surface area contributed by atoms with Crippen LogP contribution in [0.15, 0.2) is 23.1 Å².